The summed E-state index contributed by atoms with van der Waals surface area (Å²) in [6, 6.07) is 4.97. The van der Waals surface area contributed by atoms with Crippen LogP contribution in [0.4, 0.5) is 0 Å². The zero-order valence-corrected chi connectivity index (χ0v) is 13.6. The van der Waals surface area contributed by atoms with E-state index in [9.17, 15) is 9.59 Å². The van der Waals surface area contributed by atoms with Gasteiger partial charge in [0.25, 0.3) is 0 Å². The lowest BCUT2D eigenvalue weighted by atomic mass is 9.97. The van der Waals surface area contributed by atoms with Gasteiger partial charge in [0.05, 0.1) is 21.2 Å². The number of rotatable bonds is 3. The maximum Gasteiger partial charge on any atom is 0.339 e. The minimum atomic E-state index is -0.594. The Morgan fingerprint density at radius 3 is 2.42 bits per heavy atom. The molecule has 0 N–H and O–H groups in total. The fraction of sp³-hybridized carbons (Fsp3) is 0.429. The monoisotopic (exact) mass is 376 g/mol. The molecule has 4 nitrogen and oxygen atoms in total. The number of carbonyl (C=O) groups is 2. The van der Waals surface area contributed by atoms with E-state index in [1.54, 1.807) is 45.9 Å². The molecule has 1 rings (SSSR count). The van der Waals surface area contributed by atoms with E-state index in [0.29, 0.717) is 21.5 Å². The van der Waals surface area contributed by atoms with Crippen LogP contribution >= 0.6 is 22.6 Å². The van der Waals surface area contributed by atoms with Gasteiger partial charge in [0.2, 0.25) is 0 Å². The van der Waals surface area contributed by atoms with Crippen LogP contribution in [0.25, 0.3) is 0 Å². The third-order valence-electron chi connectivity index (χ3n) is 2.27. The molecule has 0 bridgehead atoms. The van der Waals surface area contributed by atoms with Crippen LogP contribution in [0.1, 0.15) is 38.1 Å². The first-order valence-electron chi connectivity index (χ1n) is 5.95. The van der Waals surface area contributed by atoms with E-state index in [4.69, 9.17) is 9.47 Å². The molecular formula is C14H17IO4. The van der Waals surface area contributed by atoms with Crippen molar-refractivity contribution in [3.05, 3.63) is 27.3 Å². The molecule has 0 fully saturated rings. The fourth-order valence-corrected chi connectivity index (χ4v) is 1.90. The summed E-state index contributed by atoms with van der Waals surface area (Å²) >= 11 is 1.98. The second kappa shape index (κ2) is 6.36. The van der Waals surface area contributed by atoms with Gasteiger partial charge in [-0.3, -0.25) is 4.79 Å². The lowest BCUT2D eigenvalue weighted by Gasteiger charge is -2.17. The SMILES string of the molecule is CCOC(=O)c1cccc(OC(=O)C(C)(C)C)c1I. The Hall–Kier alpha value is -1.11. The summed E-state index contributed by atoms with van der Waals surface area (Å²) in [5.41, 5.74) is -0.190. The molecule has 0 unspecified atom stereocenters. The third-order valence-corrected chi connectivity index (χ3v) is 3.39. The smallest absolute Gasteiger partial charge is 0.339 e. The first-order valence-corrected chi connectivity index (χ1v) is 7.03. The highest BCUT2D eigenvalue weighted by Crippen LogP contribution is 2.27. The van der Waals surface area contributed by atoms with E-state index in [2.05, 4.69) is 0 Å². The van der Waals surface area contributed by atoms with Gasteiger partial charge in [-0.2, -0.15) is 0 Å². The van der Waals surface area contributed by atoms with E-state index in [0.717, 1.165) is 0 Å². The van der Waals surface area contributed by atoms with Crippen LogP contribution in [-0.4, -0.2) is 18.5 Å². The van der Waals surface area contributed by atoms with Gasteiger partial charge in [-0.05, 0) is 62.4 Å². The van der Waals surface area contributed by atoms with Crippen LogP contribution in [0, 0.1) is 8.99 Å². The van der Waals surface area contributed by atoms with Crippen LogP contribution < -0.4 is 4.74 Å². The standard InChI is InChI=1S/C14H17IO4/c1-5-18-12(16)9-7-6-8-10(11(9)15)19-13(17)14(2,3)4/h6-8H,5H2,1-4H3. The first-order chi connectivity index (χ1) is 8.77. The Kier molecular flexibility index (Phi) is 5.34. The molecule has 1 aromatic carbocycles. The predicted molar refractivity (Wildman–Crippen MR) is 80.2 cm³/mol. The number of carbonyl (C=O) groups excluding carboxylic acids is 2. The predicted octanol–water partition coefficient (Wildman–Crippen LogP) is 3.42. The second-order valence-corrected chi connectivity index (χ2v) is 6.06. The van der Waals surface area contributed by atoms with Crippen LogP contribution in [0.3, 0.4) is 0 Å². The number of hydrogen-bond acceptors (Lipinski definition) is 4. The van der Waals surface area contributed by atoms with E-state index < -0.39 is 11.4 Å². The Bertz CT molecular complexity index is 489. The van der Waals surface area contributed by atoms with Crippen LogP contribution in [-0.2, 0) is 9.53 Å². The van der Waals surface area contributed by atoms with Crippen molar-refractivity contribution in [3.63, 3.8) is 0 Å². The van der Waals surface area contributed by atoms with Crippen molar-refractivity contribution in [2.24, 2.45) is 5.41 Å². The largest absolute Gasteiger partial charge is 0.462 e. The minimum absolute atomic E-state index is 0.306. The van der Waals surface area contributed by atoms with Crippen LogP contribution in [0.15, 0.2) is 18.2 Å². The summed E-state index contributed by atoms with van der Waals surface area (Å²) < 4.78 is 10.9. The quantitative estimate of drug-likeness (QED) is 0.461. The average molecular weight is 376 g/mol. The molecule has 0 saturated heterocycles. The van der Waals surface area contributed by atoms with Gasteiger partial charge in [0.15, 0.2) is 0 Å². The highest BCUT2D eigenvalue weighted by atomic mass is 127. The molecule has 0 aliphatic carbocycles. The number of hydrogen-bond donors (Lipinski definition) is 0. The maximum atomic E-state index is 11.9. The maximum absolute atomic E-state index is 11.9. The van der Waals surface area contributed by atoms with Crippen molar-refractivity contribution in [1.29, 1.82) is 0 Å². The zero-order valence-electron chi connectivity index (χ0n) is 11.5. The number of esters is 2. The summed E-state index contributed by atoms with van der Waals surface area (Å²) in [6.45, 7) is 7.38. The molecular weight excluding hydrogens is 359 g/mol. The molecule has 19 heavy (non-hydrogen) atoms. The lowest BCUT2D eigenvalue weighted by Crippen LogP contribution is -2.26. The van der Waals surface area contributed by atoms with Gasteiger partial charge in [-0.15, -0.1) is 0 Å². The van der Waals surface area contributed by atoms with Gasteiger partial charge in [-0.1, -0.05) is 6.07 Å². The second-order valence-electron chi connectivity index (χ2n) is 4.98. The van der Waals surface area contributed by atoms with Gasteiger partial charge in [0.1, 0.15) is 5.75 Å². The van der Waals surface area contributed by atoms with E-state index in [1.165, 1.54) is 0 Å². The van der Waals surface area contributed by atoms with Gasteiger partial charge < -0.3 is 9.47 Å². The van der Waals surface area contributed by atoms with E-state index in [1.807, 2.05) is 22.6 Å². The molecule has 0 spiro atoms. The fourth-order valence-electron chi connectivity index (χ4n) is 1.21. The Labute approximate surface area is 126 Å². The lowest BCUT2D eigenvalue weighted by molar-refractivity contribution is -0.143. The Balaban J connectivity index is 3.02. The molecule has 1 aromatic rings. The molecule has 104 valence electrons. The summed E-state index contributed by atoms with van der Waals surface area (Å²) in [5.74, 6) is -0.377. The van der Waals surface area contributed by atoms with Crippen molar-refractivity contribution < 1.29 is 19.1 Å². The molecule has 0 radical (unpaired) electrons. The van der Waals surface area contributed by atoms with E-state index in [-0.39, 0.29) is 5.97 Å². The van der Waals surface area contributed by atoms with Gasteiger partial charge >= 0.3 is 11.9 Å². The molecule has 0 atom stereocenters. The zero-order chi connectivity index (χ0) is 14.6. The summed E-state index contributed by atoms with van der Waals surface area (Å²) in [7, 11) is 0. The van der Waals surface area contributed by atoms with Crippen molar-refractivity contribution in [2.75, 3.05) is 6.61 Å². The summed E-state index contributed by atoms with van der Waals surface area (Å²) in [5, 5.41) is 0. The molecule has 0 amide bonds. The third kappa shape index (κ3) is 4.19. The highest BCUT2D eigenvalue weighted by Gasteiger charge is 2.25. The Morgan fingerprint density at radius 2 is 1.89 bits per heavy atom. The average Bonchev–Trinajstić information content (AvgIpc) is 2.30. The van der Waals surface area contributed by atoms with Gasteiger partial charge in [0, 0.05) is 0 Å². The molecule has 0 aromatic heterocycles. The molecule has 0 aliphatic heterocycles. The first kappa shape index (κ1) is 15.9. The summed E-state index contributed by atoms with van der Waals surface area (Å²) in [4.78, 5) is 23.6. The topological polar surface area (TPSA) is 52.6 Å². The summed E-state index contributed by atoms with van der Waals surface area (Å²) in [6.07, 6.45) is 0. The number of benzene rings is 1. The van der Waals surface area contributed by atoms with Crippen molar-refractivity contribution >= 4 is 34.5 Å². The molecule has 0 aliphatic rings. The van der Waals surface area contributed by atoms with Crippen LogP contribution in [0.5, 0.6) is 5.75 Å². The van der Waals surface area contributed by atoms with Crippen molar-refractivity contribution in [1.82, 2.24) is 0 Å². The van der Waals surface area contributed by atoms with Gasteiger partial charge in [-0.25, -0.2) is 4.79 Å². The minimum Gasteiger partial charge on any atom is -0.462 e. The number of ether oxygens (including phenoxy) is 2. The number of halogens is 1. The Morgan fingerprint density at radius 1 is 1.26 bits per heavy atom. The molecule has 0 heterocycles. The van der Waals surface area contributed by atoms with E-state index >= 15 is 0 Å². The van der Waals surface area contributed by atoms with Crippen molar-refractivity contribution in [3.8, 4) is 5.75 Å². The normalized spacial score (nSPS) is 11.0. The highest BCUT2D eigenvalue weighted by molar-refractivity contribution is 14.1. The molecule has 5 heteroatoms. The van der Waals surface area contributed by atoms with Crippen molar-refractivity contribution in [2.45, 2.75) is 27.7 Å². The van der Waals surface area contributed by atoms with Crippen LogP contribution in [0.2, 0.25) is 0 Å². The molecule has 0 saturated carbocycles.